The van der Waals surface area contributed by atoms with E-state index in [1.165, 1.54) is 0 Å². The third kappa shape index (κ3) is 11.9. The second-order valence-electron chi connectivity index (χ2n) is 11.2. The molecule has 0 spiro atoms. The van der Waals surface area contributed by atoms with Gasteiger partial charge in [0.05, 0.1) is 0 Å². The van der Waals surface area contributed by atoms with Gasteiger partial charge in [0.1, 0.15) is 24.3 Å². The topological polar surface area (TPSA) is 169 Å². The van der Waals surface area contributed by atoms with E-state index < -0.39 is 35.2 Å². The molecule has 40 heavy (non-hydrogen) atoms. The van der Waals surface area contributed by atoms with E-state index in [4.69, 9.17) is 20.9 Å². The summed E-state index contributed by atoms with van der Waals surface area (Å²) >= 11 is 0. The van der Waals surface area contributed by atoms with E-state index in [1.54, 1.807) is 90.1 Å². The van der Waals surface area contributed by atoms with Crippen molar-refractivity contribution in [1.82, 2.24) is 9.80 Å². The molecular weight excluding hydrogens is 516 g/mol. The van der Waals surface area contributed by atoms with Gasteiger partial charge >= 0.3 is 12.2 Å². The number of hydrogen-bond donors (Lipinski definition) is 4. The fourth-order valence-corrected chi connectivity index (χ4v) is 3.34. The van der Waals surface area contributed by atoms with E-state index in [9.17, 15) is 19.2 Å². The Labute approximate surface area is 234 Å². The molecule has 218 valence electrons. The number of amides is 4. The summed E-state index contributed by atoms with van der Waals surface area (Å²) in [7, 11) is 0. The zero-order valence-electron chi connectivity index (χ0n) is 23.9. The quantitative estimate of drug-likeness (QED) is 0.337. The van der Waals surface area contributed by atoms with E-state index in [2.05, 4.69) is 10.6 Å². The molecular formula is C28H40N6O6. The van der Waals surface area contributed by atoms with Gasteiger partial charge in [0.2, 0.25) is 11.8 Å². The van der Waals surface area contributed by atoms with E-state index in [0.29, 0.717) is 22.7 Å². The molecule has 0 aliphatic carbocycles. The van der Waals surface area contributed by atoms with Crippen molar-refractivity contribution >= 4 is 46.8 Å². The minimum absolute atomic E-state index is 0.121. The number of carbonyl (C=O) groups is 4. The van der Waals surface area contributed by atoms with E-state index in [1.807, 2.05) is 0 Å². The molecule has 0 aromatic heterocycles. The van der Waals surface area contributed by atoms with Crippen molar-refractivity contribution in [2.45, 2.75) is 52.7 Å². The number of anilines is 4. The molecule has 0 fully saturated rings. The Balaban J connectivity index is 2.19. The maximum Gasteiger partial charge on any atom is 0.410 e. The van der Waals surface area contributed by atoms with Crippen LogP contribution in [0.3, 0.4) is 0 Å². The highest BCUT2D eigenvalue weighted by atomic mass is 16.6. The van der Waals surface area contributed by atoms with Crippen LogP contribution in [-0.2, 0) is 19.1 Å². The summed E-state index contributed by atoms with van der Waals surface area (Å²) < 4.78 is 11.0. The summed E-state index contributed by atoms with van der Waals surface area (Å²) in [4.78, 5) is 53.9. The second kappa shape index (κ2) is 13.5. The number of nitrogens with one attached hydrogen (secondary N) is 2. The van der Waals surface area contributed by atoms with Crippen LogP contribution in [0.2, 0.25) is 0 Å². The minimum Gasteiger partial charge on any atom is -0.444 e. The summed E-state index contributed by atoms with van der Waals surface area (Å²) in [5, 5.41) is 5.38. The molecule has 2 aromatic carbocycles. The van der Waals surface area contributed by atoms with Gasteiger partial charge in [-0.25, -0.2) is 9.59 Å². The SMILES string of the molecule is CC(C)(C)OC(=O)N(CCN(CC(=O)Nc1cccc(N)c1)C(=O)OC(C)(C)C)CC(=O)Nc1cccc(N)c1. The number of benzene rings is 2. The molecule has 0 aliphatic heterocycles. The Morgan fingerprint density at radius 2 is 1.02 bits per heavy atom. The van der Waals surface area contributed by atoms with Crippen LogP contribution in [0.15, 0.2) is 48.5 Å². The molecule has 0 saturated carbocycles. The van der Waals surface area contributed by atoms with Crippen LogP contribution >= 0.6 is 0 Å². The lowest BCUT2D eigenvalue weighted by atomic mass is 10.2. The summed E-state index contributed by atoms with van der Waals surface area (Å²) in [6.45, 7) is 9.20. The predicted octanol–water partition coefficient (Wildman–Crippen LogP) is 3.90. The number of ether oxygens (including phenoxy) is 2. The first kappa shape index (κ1) is 31.7. The minimum atomic E-state index is -0.831. The van der Waals surface area contributed by atoms with E-state index >= 15 is 0 Å². The van der Waals surface area contributed by atoms with Gasteiger partial charge in [-0.3, -0.25) is 19.4 Å². The number of nitrogens with two attached hydrogens (primary N) is 2. The van der Waals surface area contributed by atoms with Crippen molar-refractivity contribution in [3.8, 4) is 0 Å². The lowest BCUT2D eigenvalue weighted by Gasteiger charge is -2.30. The van der Waals surface area contributed by atoms with Crippen molar-refractivity contribution in [3.63, 3.8) is 0 Å². The fourth-order valence-electron chi connectivity index (χ4n) is 3.34. The molecule has 0 heterocycles. The first-order valence-electron chi connectivity index (χ1n) is 12.8. The average molecular weight is 557 g/mol. The molecule has 0 atom stereocenters. The molecule has 0 aliphatic rings. The normalized spacial score (nSPS) is 11.2. The van der Waals surface area contributed by atoms with Gasteiger partial charge in [-0.1, -0.05) is 12.1 Å². The van der Waals surface area contributed by atoms with Crippen LogP contribution in [0.5, 0.6) is 0 Å². The molecule has 2 rings (SSSR count). The number of nitrogen functional groups attached to an aromatic ring is 2. The van der Waals surface area contributed by atoms with Crippen molar-refractivity contribution in [2.75, 3.05) is 48.3 Å². The Hall–Kier alpha value is -4.48. The van der Waals surface area contributed by atoms with Gasteiger partial charge in [0.15, 0.2) is 0 Å². The lowest BCUT2D eigenvalue weighted by Crippen LogP contribution is -2.48. The van der Waals surface area contributed by atoms with E-state index in [0.717, 1.165) is 9.80 Å². The Bertz CT molecular complexity index is 1110. The molecule has 0 unspecified atom stereocenters. The van der Waals surface area contributed by atoms with Crippen molar-refractivity contribution in [3.05, 3.63) is 48.5 Å². The van der Waals surface area contributed by atoms with Crippen LogP contribution < -0.4 is 22.1 Å². The maximum absolute atomic E-state index is 13.0. The molecule has 2 aromatic rings. The first-order chi connectivity index (χ1) is 18.5. The smallest absolute Gasteiger partial charge is 0.410 e. The summed E-state index contributed by atoms with van der Waals surface area (Å²) in [5.41, 5.74) is 11.7. The number of nitrogens with zero attached hydrogens (tertiary/aromatic N) is 2. The molecule has 6 N–H and O–H groups in total. The van der Waals surface area contributed by atoms with Crippen LogP contribution in [0.1, 0.15) is 41.5 Å². The summed E-state index contributed by atoms with van der Waals surface area (Å²) in [5.74, 6) is -1.00. The standard InChI is InChI=1S/C28H40N6O6/c1-27(2,3)39-25(37)33(17-23(35)31-21-11-7-9-19(29)15-21)13-14-34(26(38)40-28(4,5)6)18-24(36)32-22-12-8-10-20(30)16-22/h7-12,15-16H,13-14,17-18,29-30H2,1-6H3,(H,31,35)(H,32,36). The van der Waals surface area contributed by atoms with E-state index in [-0.39, 0.29) is 26.2 Å². The fraction of sp³-hybridized carbons (Fsp3) is 0.429. The van der Waals surface area contributed by atoms with Crippen LogP contribution in [0, 0.1) is 0 Å². The van der Waals surface area contributed by atoms with Gasteiger partial charge < -0.3 is 31.6 Å². The number of carbonyl (C=O) groups excluding carboxylic acids is 4. The molecule has 0 bridgehead atoms. The molecule has 0 saturated heterocycles. The number of rotatable bonds is 9. The second-order valence-corrected chi connectivity index (χ2v) is 11.2. The van der Waals surface area contributed by atoms with Crippen LogP contribution in [0.4, 0.5) is 32.3 Å². The Kier molecular flexibility index (Phi) is 10.7. The van der Waals surface area contributed by atoms with Gasteiger partial charge in [0.25, 0.3) is 0 Å². The zero-order valence-corrected chi connectivity index (χ0v) is 23.9. The van der Waals surface area contributed by atoms with Gasteiger partial charge in [0, 0.05) is 35.8 Å². The molecule has 12 heteroatoms. The Morgan fingerprint density at radius 1 is 0.675 bits per heavy atom. The largest absolute Gasteiger partial charge is 0.444 e. The van der Waals surface area contributed by atoms with Crippen LogP contribution in [0.25, 0.3) is 0 Å². The Morgan fingerprint density at radius 3 is 1.32 bits per heavy atom. The van der Waals surface area contributed by atoms with Crippen LogP contribution in [-0.4, -0.2) is 71.2 Å². The first-order valence-corrected chi connectivity index (χ1v) is 12.8. The van der Waals surface area contributed by atoms with Crippen molar-refractivity contribution in [2.24, 2.45) is 0 Å². The third-order valence-corrected chi connectivity index (χ3v) is 4.95. The molecule has 4 amide bonds. The highest BCUT2D eigenvalue weighted by molar-refractivity contribution is 5.95. The average Bonchev–Trinajstić information content (AvgIpc) is 2.78. The van der Waals surface area contributed by atoms with Gasteiger partial charge in [-0.05, 0) is 77.9 Å². The highest BCUT2D eigenvalue weighted by Gasteiger charge is 2.28. The van der Waals surface area contributed by atoms with Crippen molar-refractivity contribution in [1.29, 1.82) is 0 Å². The predicted molar refractivity (Wildman–Crippen MR) is 155 cm³/mol. The molecule has 0 radical (unpaired) electrons. The van der Waals surface area contributed by atoms with Gasteiger partial charge in [-0.2, -0.15) is 0 Å². The van der Waals surface area contributed by atoms with Gasteiger partial charge in [-0.15, -0.1) is 0 Å². The monoisotopic (exact) mass is 556 g/mol. The summed E-state index contributed by atoms with van der Waals surface area (Å²) in [6, 6.07) is 13.2. The third-order valence-electron chi connectivity index (χ3n) is 4.95. The maximum atomic E-state index is 13.0. The number of hydrogen-bond acceptors (Lipinski definition) is 8. The highest BCUT2D eigenvalue weighted by Crippen LogP contribution is 2.15. The lowest BCUT2D eigenvalue weighted by molar-refractivity contribution is -0.118. The molecule has 12 nitrogen and oxygen atoms in total. The summed E-state index contributed by atoms with van der Waals surface area (Å²) in [6.07, 6.45) is -1.52. The zero-order chi connectivity index (χ0) is 30.1. The van der Waals surface area contributed by atoms with Crippen molar-refractivity contribution < 1.29 is 28.7 Å².